The first-order valence-electron chi connectivity index (χ1n) is 10.3. The summed E-state index contributed by atoms with van der Waals surface area (Å²) in [5, 5.41) is 11.4. The summed E-state index contributed by atoms with van der Waals surface area (Å²) < 4.78 is 7.26. The number of methoxy groups -OCH3 is 1. The van der Waals surface area contributed by atoms with Crippen LogP contribution in [0.3, 0.4) is 0 Å². The van der Waals surface area contributed by atoms with Crippen molar-refractivity contribution in [1.82, 2.24) is 19.7 Å². The maximum absolute atomic E-state index is 12.7. The number of carbonyl (C=O) groups is 1. The molecule has 1 saturated heterocycles. The maximum atomic E-state index is 12.7. The molecule has 30 heavy (non-hydrogen) atoms. The van der Waals surface area contributed by atoms with Crippen LogP contribution in [0, 0.1) is 11.8 Å². The van der Waals surface area contributed by atoms with Crippen molar-refractivity contribution >= 4 is 11.6 Å². The molecule has 1 fully saturated rings. The van der Waals surface area contributed by atoms with Gasteiger partial charge in [0.2, 0.25) is 5.82 Å². The first kappa shape index (κ1) is 18.8. The van der Waals surface area contributed by atoms with Gasteiger partial charge in [-0.25, -0.2) is 0 Å². The molecule has 1 amide bonds. The highest BCUT2D eigenvalue weighted by molar-refractivity contribution is 6.01. The molecule has 154 valence electrons. The van der Waals surface area contributed by atoms with E-state index in [0.29, 0.717) is 17.7 Å². The number of aromatic nitrogens is 3. The van der Waals surface area contributed by atoms with Crippen molar-refractivity contribution in [3.63, 3.8) is 0 Å². The molecule has 2 aliphatic heterocycles. The van der Waals surface area contributed by atoms with E-state index in [0.717, 1.165) is 49.9 Å². The summed E-state index contributed by atoms with van der Waals surface area (Å²) >= 11 is 0. The first-order valence-corrected chi connectivity index (χ1v) is 10.3. The third-order valence-electron chi connectivity index (χ3n) is 6.14. The topological polar surface area (TPSA) is 72.3 Å². The fourth-order valence-corrected chi connectivity index (χ4v) is 4.62. The Labute approximate surface area is 175 Å². The van der Waals surface area contributed by atoms with Gasteiger partial charge in [-0.05, 0) is 41.7 Å². The molecule has 1 N–H and O–H groups in total. The second kappa shape index (κ2) is 7.91. The number of nitrogens with zero attached hydrogens (tertiary/aromatic N) is 4. The highest BCUT2D eigenvalue weighted by atomic mass is 16.5. The van der Waals surface area contributed by atoms with Gasteiger partial charge in [-0.1, -0.05) is 30.3 Å². The van der Waals surface area contributed by atoms with Gasteiger partial charge in [0, 0.05) is 38.3 Å². The lowest BCUT2D eigenvalue weighted by molar-refractivity contribution is 0.100. The van der Waals surface area contributed by atoms with Gasteiger partial charge in [0.05, 0.1) is 7.11 Å². The van der Waals surface area contributed by atoms with Gasteiger partial charge in [0.1, 0.15) is 11.6 Å². The van der Waals surface area contributed by atoms with Crippen molar-refractivity contribution in [1.29, 1.82) is 0 Å². The minimum atomic E-state index is -0.202. The number of anilines is 1. The molecule has 0 saturated carbocycles. The minimum Gasteiger partial charge on any atom is -0.497 e. The Bertz CT molecular complexity index is 1030. The van der Waals surface area contributed by atoms with Gasteiger partial charge < -0.3 is 14.6 Å². The predicted octanol–water partition coefficient (Wildman–Crippen LogP) is 2.84. The van der Waals surface area contributed by atoms with Crippen LogP contribution in [0.4, 0.5) is 5.69 Å². The van der Waals surface area contributed by atoms with Crippen LogP contribution in [0.1, 0.15) is 22.0 Å². The molecule has 0 aliphatic carbocycles. The van der Waals surface area contributed by atoms with E-state index in [-0.39, 0.29) is 5.91 Å². The molecule has 3 aromatic rings. The number of benzene rings is 2. The number of fused-ring (bicyclic) bond motifs is 2. The monoisotopic (exact) mass is 403 g/mol. The predicted molar refractivity (Wildman–Crippen MR) is 113 cm³/mol. The number of nitrogens with one attached hydrogen (secondary N) is 1. The van der Waals surface area contributed by atoms with Crippen molar-refractivity contribution < 1.29 is 9.53 Å². The molecule has 5 rings (SSSR count). The van der Waals surface area contributed by atoms with Crippen LogP contribution in [0.15, 0.2) is 54.6 Å². The van der Waals surface area contributed by atoms with Crippen molar-refractivity contribution in [2.24, 2.45) is 11.8 Å². The Morgan fingerprint density at radius 2 is 1.80 bits per heavy atom. The highest BCUT2D eigenvalue weighted by Crippen LogP contribution is 2.33. The van der Waals surface area contributed by atoms with Crippen LogP contribution in [0.5, 0.6) is 5.75 Å². The fourth-order valence-electron chi connectivity index (χ4n) is 4.62. The van der Waals surface area contributed by atoms with E-state index < -0.39 is 0 Å². The van der Waals surface area contributed by atoms with Crippen LogP contribution in [0.2, 0.25) is 0 Å². The molecule has 0 spiro atoms. The smallest absolute Gasteiger partial charge is 0.293 e. The molecule has 2 atom stereocenters. The maximum Gasteiger partial charge on any atom is 0.293 e. The first-order chi connectivity index (χ1) is 14.7. The number of ether oxygens (including phenoxy) is 1. The third kappa shape index (κ3) is 3.68. The summed E-state index contributed by atoms with van der Waals surface area (Å²) in [6.45, 7) is 3.80. The van der Waals surface area contributed by atoms with Crippen LogP contribution in [-0.4, -0.2) is 45.8 Å². The number of hydrogen-bond donors (Lipinski definition) is 1. The number of hydrogen-bond acceptors (Lipinski definition) is 5. The summed E-state index contributed by atoms with van der Waals surface area (Å²) in [7, 11) is 1.69. The van der Waals surface area contributed by atoms with Gasteiger partial charge in [-0.3, -0.25) is 9.69 Å². The summed E-state index contributed by atoms with van der Waals surface area (Å²) in [5.74, 6) is 3.07. The Kier molecular flexibility index (Phi) is 4.96. The fraction of sp³-hybridized carbons (Fsp3) is 0.348. The van der Waals surface area contributed by atoms with E-state index in [9.17, 15) is 4.79 Å². The summed E-state index contributed by atoms with van der Waals surface area (Å²) in [4.78, 5) is 15.2. The zero-order chi connectivity index (χ0) is 20.5. The quantitative estimate of drug-likeness (QED) is 0.709. The van der Waals surface area contributed by atoms with E-state index in [1.165, 1.54) is 5.56 Å². The Morgan fingerprint density at radius 1 is 1.03 bits per heavy atom. The molecule has 2 aromatic carbocycles. The molecule has 3 heterocycles. The lowest BCUT2D eigenvalue weighted by Gasteiger charge is -2.25. The zero-order valence-electron chi connectivity index (χ0n) is 17.0. The molecule has 0 bridgehead atoms. The van der Waals surface area contributed by atoms with Crippen molar-refractivity contribution in [3.05, 3.63) is 71.8 Å². The normalized spacial score (nSPS) is 20.4. The van der Waals surface area contributed by atoms with Gasteiger partial charge in [-0.15, -0.1) is 10.2 Å². The molecule has 7 heteroatoms. The Balaban J connectivity index is 1.26. The van der Waals surface area contributed by atoms with Gasteiger partial charge in [-0.2, -0.15) is 0 Å². The van der Waals surface area contributed by atoms with Crippen molar-refractivity contribution in [2.45, 2.75) is 19.5 Å². The van der Waals surface area contributed by atoms with E-state index >= 15 is 0 Å². The van der Waals surface area contributed by atoms with E-state index in [1.807, 2.05) is 47.0 Å². The second-order valence-corrected chi connectivity index (χ2v) is 8.14. The molecule has 2 aliphatic rings. The average Bonchev–Trinajstić information content (AvgIpc) is 3.36. The molecular formula is C23H25N5O2. The molecular weight excluding hydrogens is 378 g/mol. The van der Waals surface area contributed by atoms with Gasteiger partial charge >= 0.3 is 0 Å². The summed E-state index contributed by atoms with van der Waals surface area (Å²) in [6, 6.07) is 17.7. The third-order valence-corrected chi connectivity index (χ3v) is 6.14. The van der Waals surface area contributed by atoms with Crippen LogP contribution in [0.25, 0.3) is 0 Å². The van der Waals surface area contributed by atoms with Gasteiger partial charge in [0.15, 0.2) is 0 Å². The number of para-hydroxylation sites is 1. The Hall–Kier alpha value is -3.19. The minimum absolute atomic E-state index is 0.202. The van der Waals surface area contributed by atoms with E-state index in [1.54, 1.807) is 7.11 Å². The van der Waals surface area contributed by atoms with Crippen LogP contribution < -0.4 is 10.1 Å². The van der Waals surface area contributed by atoms with Crippen LogP contribution in [-0.2, 0) is 19.5 Å². The molecule has 0 radical (unpaired) electrons. The molecule has 1 aromatic heterocycles. The van der Waals surface area contributed by atoms with Crippen molar-refractivity contribution in [3.8, 4) is 5.75 Å². The standard InChI is InChI=1S/C23H25N5O2/c1-30-20-9-7-16(8-10-20)12-27-13-17-11-21-25-26-22(28(21)15-18(17)14-27)23(29)24-19-5-3-2-4-6-19/h2-10,17-18H,11-15H2,1H3,(H,24,29)/t17-,18+/m0/s1. The average molecular weight is 403 g/mol. The molecule has 7 nitrogen and oxygen atoms in total. The number of rotatable bonds is 5. The van der Waals surface area contributed by atoms with E-state index in [4.69, 9.17) is 4.74 Å². The number of carbonyl (C=O) groups excluding carboxylic acids is 1. The SMILES string of the molecule is COc1ccc(CN2C[C@@H]3Cn4c(nnc4C(=O)Nc4ccccc4)C[C@H]3C2)cc1. The largest absolute Gasteiger partial charge is 0.497 e. The van der Waals surface area contributed by atoms with E-state index in [2.05, 4.69) is 32.5 Å². The van der Waals surface area contributed by atoms with Crippen molar-refractivity contribution in [2.75, 3.05) is 25.5 Å². The number of likely N-dealkylation sites (tertiary alicyclic amines) is 1. The molecule has 0 unspecified atom stereocenters. The number of amides is 1. The lowest BCUT2D eigenvalue weighted by Crippen LogP contribution is -2.31. The highest BCUT2D eigenvalue weighted by Gasteiger charge is 2.39. The second-order valence-electron chi connectivity index (χ2n) is 8.14. The lowest BCUT2D eigenvalue weighted by atomic mass is 9.89. The van der Waals surface area contributed by atoms with Gasteiger partial charge in [0.25, 0.3) is 5.91 Å². The van der Waals surface area contributed by atoms with Crippen LogP contribution >= 0.6 is 0 Å². The summed E-state index contributed by atoms with van der Waals surface area (Å²) in [6.07, 6.45) is 0.870. The zero-order valence-corrected chi connectivity index (χ0v) is 17.0. The summed E-state index contributed by atoms with van der Waals surface area (Å²) in [5.41, 5.74) is 2.05. The Morgan fingerprint density at radius 3 is 2.57 bits per heavy atom.